The summed E-state index contributed by atoms with van der Waals surface area (Å²) < 4.78 is 7.34. The van der Waals surface area contributed by atoms with Crippen LogP contribution in [0.1, 0.15) is 18.2 Å². The lowest BCUT2D eigenvalue weighted by molar-refractivity contribution is -0.136. The van der Waals surface area contributed by atoms with Crippen LogP contribution in [-0.4, -0.2) is 22.8 Å². The predicted octanol–water partition coefficient (Wildman–Crippen LogP) is 2.61. The molecule has 0 fully saturated rings. The summed E-state index contributed by atoms with van der Waals surface area (Å²) in [6.45, 7) is 4.85. The van der Waals surface area contributed by atoms with Crippen LogP contribution >= 0.6 is 0 Å². The Balaban J connectivity index is 2.72. The van der Waals surface area contributed by atoms with Crippen LogP contribution in [-0.2, 0) is 17.8 Å². The van der Waals surface area contributed by atoms with Crippen LogP contribution in [0.5, 0.6) is 5.75 Å². The van der Waals surface area contributed by atoms with Crippen molar-refractivity contribution in [2.75, 3.05) is 7.11 Å². The van der Waals surface area contributed by atoms with Gasteiger partial charge in [-0.1, -0.05) is 0 Å². The molecule has 0 saturated heterocycles. The van der Waals surface area contributed by atoms with Gasteiger partial charge in [-0.25, -0.2) is 0 Å². The van der Waals surface area contributed by atoms with E-state index in [1.165, 1.54) is 0 Å². The van der Waals surface area contributed by atoms with Crippen LogP contribution in [0.3, 0.4) is 0 Å². The fourth-order valence-electron chi connectivity index (χ4n) is 2.44. The first-order chi connectivity index (χ1) is 8.58. The Morgan fingerprint density at radius 2 is 2.17 bits per heavy atom. The van der Waals surface area contributed by atoms with Crippen molar-refractivity contribution in [3.8, 4) is 5.75 Å². The predicted molar refractivity (Wildman–Crippen MR) is 70.2 cm³/mol. The first-order valence-electron chi connectivity index (χ1n) is 5.96. The van der Waals surface area contributed by atoms with E-state index in [0.29, 0.717) is 0 Å². The van der Waals surface area contributed by atoms with E-state index in [4.69, 9.17) is 9.84 Å². The normalized spacial score (nSPS) is 10.8. The minimum atomic E-state index is -0.809. The number of rotatable bonds is 4. The zero-order valence-electron chi connectivity index (χ0n) is 10.9. The van der Waals surface area contributed by atoms with Gasteiger partial charge in [-0.15, -0.1) is 0 Å². The van der Waals surface area contributed by atoms with Crippen LogP contribution in [0.25, 0.3) is 10.9 Å². The van der Waals surface area contributed by atoms with Gasteiger partial charge in [0.05, 0.1) is 13.5 Å². The molecular weight excluding hydrogens is 230 g/mol. The SMILES string of the molecule is CCn1c(C)c(CC(=O)O)c2cc(OC)ccc21. The summed E-state index contributed by atoms with van der Waals surface area (Å²) in [7, 11) is 1.61. The Kier molecular flexibility index (Phi) is 3.28. The fraction of sp³-hybridized carbons (Fsp3) is 0.357. The van der Waals surface area contributed by atoms with Crippen molar-refractivity contribution >= 4 is 16.9 Å². The number of methoxy groups -OCH3 is 1. The molecule has 0 bridgehead atoms. The van der Waals surface area contributed by atoms with Crippen LogP contribution in [0.4, 0.5) is 0 Å². The van der Waals surface area contributed by atoms with Gasteiger partial charge in [0.15, 0.2) is 0 Å². The van der Waals surface area contributed by atoms with Crippen molar-refractivity contribution in [2.24, 2.45) is 0 Å². The summed E-state index contributed by atoms with van der Waals surface area (Å²) in [4.78, 5) is 11.0. The van der Waals surface area contributed by atoms with Crippen LogP contribution in [0, 0.1) is 6.92 Å². The van der Waals surface area contributed by atoms with Gasteiger partial charge in [0.1, 0.15) is 5.75 Å². The van der Waals surface area contributed by atoms with E-state index in [1.807, 2.05) is 25.1 Å². The van der Waals surface area contributed by atoms with E-state index < -0.39 is 5.97 Å². The first kappa shape index (κ1) is 12.5. The third-order valence-corrected chi connectivity index (χ3v) is 3.31. The van der Waals surface area contributed by atoms with E-state index in [2.05, 4.69) is 11.5 Å². The molecule has 0 aliphatic heterocycles. The molecule has 96 valence electrons. The Morgan fingerprint density at radius 1 is 1.44 bits per heavy atom. The Bertz CT molecular complexity index is 599. The van der Waals surface area contributed by atoms with Gasteiger partial charge in [0.25, 0.3) is 0 Å². The Hall–Kier alpha value is -1.97. The summed E-state index contributed by atoms with van der Waals surface area (Å²) in [5.41, 5.74) is 2.95. The highest BCUT2D eigenvalue weighted by Crippen LogP contribution is 2.29. The second-order valence-corrected chi connectivity index (χ2v) is 4.26. The minimum Gasteiger partial charge on any atom is -0.497 e. The summed E-state index contributed by atoms with van der Waals surface area (Å²) in [5.74, 6) is -0.0570. The van der Waals surface area contributed by atoms with Crippen molar-refractivity contribution in [1.82, 2.24) is 4.57 Å². The minimum absolute atomic E-state index is 0.0441. The number of fused-ring (bicyclic) bond motifs is 1. The van der Waals surface area contributed by atoms with Crippen molar-refractivity contribution in [3.05, 3.63) is 29.5 Å². The summed E-state index contributed by atoms with van der Waals surface area (Å²) >= 11 is 0. The van der Waals surface area contributed by atoms with Crippen LogP contribution < -0.4 is 4.74 Å². The molecule has 18 heavy (non-hydrogen) atoms. The summed E-state index contributed by atoms with van der Waals surface area (Å²) in [6, 6.07) is 5.79. The maximum Gasteiger partial charge on any atom is 0.307 e. The number of benzene rings is 1. The van der Waals surface area contributed by atoms with Gasteiger partial charge in [-0.05, 0) is 37.6 Å². The van der Waals surface area contributed by atoms with E-state index in [9.17, 15) is 4.79 Å². The molecule has 2 rings (SSSR count). The van der Waals surface area contributed by atoms with E-state index in [1.54, 1.807) is 7.11 Å². The number of nitrogens with zero attached hydrogens (tertiary/aromatic N) is 1. The quantitative estimate of drug-likeness (QED) is 0.903. The highest BCUT2D eigenvalue weighted by molar-refractivity contribution is 5.90. The number of carboxylic acid groups (broad SMARTS) is 1. The molecule has 1 N–H and O–H groups in total. The summed E-state index contributed by atoms with van der Waals surface area (Å²) in [5, 5.41) is 9.99. The second-order valence-electron chi connectivity index (χ2n) is 4.26. The van der Waals surface area contributed by atoms with Crippen molar-refractivity contribution in [1.29, 1.82) is 0 Å². The molecule has 0 spiro atoms. The van der Waals surface area contributed by atoms with E-state index in [-0.39, 0.29) is 6.42 Å². The Morgan fingerprint density at radius 3 is 2.72 bits per heavy atom. The van der Waals surface area contributed by atoms with E-state index >= 15 is 0 Å². The lowest BCUT2D eigenvalue weighted by atomic mass is 10.1. The smallest absolute Gasteiger partial charge is 0.307 e. The van der Waals surface area contributed by atoms with Gasteiger partial charge >= 0.3 is 5.97 Å². The highest BCUT2D eigenvalue weighted by atomic mass is 16.5. The second kappa shape index (κ2) is 4.72. The van der Waals surface area contributed by atoms with Gasteiger partial charge in [-0.3, -0.25) is 4.79 Å². The van der Waals surface area contributed by atoms with Gasteiger partial charge in [0, 0.05) is 23.1 Å². The molecule has 4 nitrogen and oxygen atoms in total. The molecule has 0 amide bonds. The maximum absolute atomic E-state index is 11.0. The van der Waals surface area contributed by atoms with Crippen molar-refractivity contribution in [2.45, 2.75) is 26.8 Å². The lowest BCUT2D eigenvalue weighted by Gasteiger charge is -2.04. The molecule has 1 aromatic carbocycles. The number of carbonyl (C=O) groups is 1. The zero-order chi connectivity index (χ0) is 13.3. The molecule has 1 aromatic heterocycles. The number of aryl methyl sites for hydroxylation is 1. The Labute approximate surface area is 106 Å². The van der Waals surface area contributed by atoms with Gasteiger partial charge in [-0.2, -0.15) is 0 Å². The summed E-state index contributed by atoms with van der Waals surface area (Å²) in [6.07, 6.45) is 0.0441. The molecular formula is C14H17NO3. The lowest BCUT2D eigenvalue weighted by Crippen LogP contribution is -2.03. The third kappa shape index (κ3) is 1.94. The zero-order valence-corrected chi connectivity index (χ0v) is 10.9. The maximum atomic E-state index is 11.0. The highest BCUT2D eigenvalue weighted by Gasteiger charge is 2.16. The van der Waals surface area contributed by atoms with Crippen molar-refractivity contribution in [3.63, 3.8) is 0 Å². The molecule has 4 heteroatoms. The number of aliphatic carboxylic acids is 1. The third-order valence-electron chi connectivity index (χ3n) is 3.31. The van der Waals surface area contributed by atoms with E-state index in [0.717, 1.165) is 34.5 Å². The molecule has 0 unspecified atom stereocenters. The molecule has 0 aliphatic carbocycles. The van der Waals surface area contributed by atoms with Gasteiger partial charge < -0.3 is 14.4 Å². The monoisotopic (exact) mass is 247 g/mol. The van der Waals surface area contributed by atoms with Crippen LogP contribution in [0.2, 0.25) is 0 Å². The van der Waals surface area contributed by atoms with Crippen molar-refractivity contribution < 1.29 is 14.6 Å². The number of hydrogen-bond acceptors (Lipinski definition) is 2. The van der Waals surface area contributed by atoms with Gasteiger partial charge in [0.2, 0.25) is 0 Å². The molecule has 0 atom stereocenters. The molecule has 0 aliphatic rings. The molecule has 2 aromatic rings. The molecule has 0 radical (unpaired) electrons. The van der Waals surface area contributed by atoms with Crippen LogP contribution in [0.15, 0.2) is 18.2 Å². The average Bonchev–Trinajstić information content (AvgIpc) is 2.61. The number of carboxylic acids is 1. The number of ether oxygens (including phenoxy) is 1. The average molecular weight is 247 g/mol. The number of hydrogen-bond donors (Lipinski definition) is 1. The fourth-order valence-corrected chi connectivity index (χ4v) is 2.44. The standard InChI is InChI=1S/C14H17NO3/c1-4-15-9(2)11(8-14(16)17)12-7-10(18-3)5-6-13(12)15/h5-7H,4,8H2,1-3H3,(H,16,17). The first-order valence-corrected chi connectivity index (χ1v) is 5.96. The topological polar surface area (TPSA) is 51.5 Å². The molecule has 0 saturated carbocycles. The largest absolute Gasteiger partial charge is 0.497 e. The number of aromatic nitrogens is 1. The molecule has 1 heterocycles.